The van der Waals surface area contributed by atoms with E-state index >= 15 is 0 Å². The first-order chi connectivity index (χ1) is 5.18. The largest absolute Gasteiger partial charge is 0.383 e. The lowest BCUT2D eigenvalue weighted by Crippen LogP contribution is -1.90. The molecule has 0 aliphatic rings. The van der Waals surface area contributed by atoms with Crippen LogP contribution in [0.4, 0.5) is 0 Å². The van der Waals surface area contributed by atoms with Gasteiger partial charge in [0.1, 0.15) is 0 Å². The van der Waals surface area contributed by atoms with E-state index in [1.165, 1.54) is 6.20 Å². The van der Waals surface area contributed by atoms with Gasteiger partial charge in [-0.2, -0.15) is 8.42 Å². The zero-order chi connectivity index (χ0) is 8.27. The normalized spacial score (nSPS) is 10.0. The van der Waals surface area contributed by atoms with E-state index in [1.54, 1.807) is 19.1 Å². The van der Waals surface area contributed by atoms with E-state index < -0.39 is 11.0 Å². The molecule has 0 N–H and O–H groups in total. The summed E-state index contributed by atoms with van der Waals surface area (Å²) >= 11 is 0. The third kappa shape index (κ3) is 2.55. The molecule has 0 atom stereocenters. The Labute approximate surface area is 66.0 Å². The number of rotatable bonds is 2. The van der Waals surface area contributed by atoms with Gasteiger partial charge in [0.2, 0.25) is 0 Å². The topological polar surface area (TPSA) is 56.3 Å². The quantitative estimate of drug-likeness (QED) is 0.653. The van der Waals surface area contributed by atoms with Crippen molar-refractivity contribution in [3.63, 3.8) is 0 Å². The highest BCUT2D eigenvalue weighted by Crippen LogP contribution is 2.07. The minimum Gasteiger partial charge on any atom is -0.383 e. The summed E-state index contributed by atoms with van der Waals surface area (Å²) in [5.74, 6) is 0.242. The van der Waals surface area contributed by atoms with Gasteiger partial charge in [-0.25, -0.2) is 0 Å². The molecule has 5 heteroatoms. The minimum atomic E-state index is -2.83. The second kappa shape index (κ2) is 3.34. The van der Waals surface area contributed by atoms with Gasteiger partial charge in [-0.1, -0.05) is 0 Å². The van der Waals surface area contributed by atoms with Gasteiger partial charge in [0.15, 0.2) is 5.75 Å². The summed E-state index contributed by atoms with van der Waals surface area (Å²) in [7, 11) is -2.83. The third-order valence-electron chi connectivity index (χ3n) is 1.06. The first-order valence-corrected chi connectivity index (χ1v) is 4.03. The molecular formula is C6H7NO3S. The van der Waals surface area contributed by atoms with Gasteiger partial charge in [0.25, 0.3) is 11.0 Å². The average Bonchev–Trinajstić information content (AvgIpc) is 1.93. The van der Waals surface area contributed by atoms with Crippen LogP contribution >= 0.6 is 0 Å². The Morgan fingerprint density at radius 2 is 2.18 bits per heavy atom. The molecule has 0 spiro atoms. The molecule has 0 radical (unpaired) electrons. The SMILES string of the molecule is Cc1ccc(O[SH](=O)=O)cn1. The van der Waals surface area contributed by atoms with E-state index in [4.69, 9.17) is 0 Å². The van der Waals surface area contributed by atoms with Crippen molar-refractivity contribution >= 4 is 11.0 Å². The molecule has 0 aliphatic carbocycles. The molecule has 11 heavy (non-hydrogen) atoms. The summed E-state index contributed by atoms with van der Waals surface area (Å²) in [5.41, 5.74) is 0.818. The van der Waals surface area contributed by atoms with Crippen LogP contribution in [-0.4, -0.2) is 13.4 Å². The van der Waals surface area contributed by atoms with Gasteiger partial charge < -0.3 is 4.18 Å². The van der Waals surface area contributed by atoms with Crippen molar-refractivity contribution in [1.82, 2.24) is 4.98 Å². The molecular weight excluding hydrogens is 166 g/mol. The molecule has 60 valence electrons. The number of hydrogen-bond donors (Lipinski definition) is 1. The Bertz CT molecular complexity index is 296. The lowest BCUT2D eigenvalue weighted by atomic mass is 10.4. The number of hydrogen-bond acceptors (Lipinski definition) is 4. The number of thiol groups is 1. The summed E-state index contributed by atoms with van der Waals surface area (Å²) in [6.45, 7) is 1.81. The lowest BCUT2D eigenvalue weighted by Gasteiger charge is -1.95. The van der Waals surface area contributed by atoms with E-state index in [2.05, 4.69) is 9.17 Å². The second-order valence-corrected chi connectivity index (χ2v) is 2.58. The van der Waals surface area contributed by atoms with Crippen LogP contribution in [0.2, 0.25) is 0 Å². The monoisotopic (exact) mass is 173 g/mol. The fraction of sp³-hybridized carbons (Fsp3) is 0.167. The molecule has 0 aromatic carbocycles. The summed E-state index contributed by atoms with van der Waals surface area (Å²) in [4.78, 5) is 3.84. The van der Waals surface area contributed by atoms with E-state index in [0.29, 0.717) is 0 Å². The maximum Gasteiger partial charge on any atom is 0.299 e. The van der Waals surface area contributed by atoms with Crippen LogP contribution in [0.15, 0.2) is 18.3 Å². The van der Waals surface area contributed by atoms with Gasteiger partial charge in [-0.15, -0.1) is 0 Å². The first kappa shape index (κ1) is 8.00. The molecule has 1 heterocycles. The van der Waals surface area contributed by atoms with Crippen LogP contribution in [0.1, 0.15) is 5.69 Å². The minimum absolute atomic E-state index is 0.242. The highest BCUT2D eigenvalue weighted by atomic mass is 32.2. The smallest absolute Gasteiger partial charge is 0.299 e. The molecule has 0 bridgehead atoms. The third-order valence-corrected chi connectivity index (χ3v) is 1.42. The molecule has 0 unspecified atom stereocenters. The fourth-order valence-electron chi connectivity index (χ4n) is 0.594. The molecule has 0 saturated carbocycles. The first-order valence-electron chi connectivity index (χ1n) is 2.93. The number of nitrogens with zero attached hydrogens (tertiary/aromatic N) is 1. The molecule has 1 aromatic heterocycles. The zero-order valence-electron chi connectivity index (χ0n) is 5.85. The number of aromatic nitrogens is 1. The Hall–Kier alpha value is -1.10. The van der Waals surface area contributed by atoms with Crippen molar-refractivity contribution in [2.75, 3.05) is 0 Å². The highest BCUT2D eigenvalue weighted by molar-refractivity contribution is 7.67. The van der Waals surface area contributed by atoms with Crippen molar-refractivity contribution in [3.05, 3.63) is 24.0 Å². The lowest BCUT2D eigenvalue weighted by molar-refractivity contribution is 0.509. The van der Waals surface area contributed by atoms with Gasteiger partial charge in [0, 0.05) is 5.69 Å². The summed E-state index contributed by atoms with van der Waals surface area (Å²) in [6.07, 6.45) is 1.36. The van der Waals surface area contributed by atoms with Gasteiger partial charge in [-0.05, 0) is 19.1 Å². The predicted molar refractivity (Wildman–Crippen MR) is 39.9 cm³/mol. The molecule has 0 aliphatic heterocycles. The second-order valence-electron chi connectivity index (χ2n) is 1.95. The standard InChI is InChI=1S/C6H7NO3S/c1-5-2-3-6(4-7-5)10-11(8)9/h2-4,11H,1H3. The van der Waals surface area contributed by atoms with E-state index in [9.17, 15) is 8.42 Å². The fourth-order valence-corrected chi connectivity index (χ4v) is 0.874. The van der Waals surface area contributed by atoms with Crippen molar-refractivity contribution in [2.45, 2.75) is 6.92 Å². The Kier molecular flexibility index (Phi) is 2.43. The van der Waals surface area contributed by atoms with Crippen LogP contribution < -0.4 is 4.18 Å². The maximum absolute atomic E-state index is 10.0. The molecule has 0 saturated heterocycles. The molecule has 0 fully saturated rings. The highest BCUT2D eigenvalue weighted by Gasteiger charge is 1.92. The maximum atomic E-state index is 10.0. The molecule has 1 rings (SSSR count). The summed E-state index contributed by atoms with van der Waals surface area (Å²) < 4.78 is 24.4. The van der Waals surface area contributed by atoms with Crippen LogP contribution in [-0.2, 0) is 11.0 Å². The Balaban J connectivity index is 2.82. The van der Waals surface area contributed by atoms with Crippen LogP contribution in [0, 0.1) is 6.92 Å². The van der Waals surface area contributed by atoms with E-state index in [-0.39, 0.29) is 5.75 Å². The van der Waals surface area contributed by atoms with Crippen LogP contribution in [0.3, 0.4) is 0 Å². The van der Waals surface area contributed by atoms with Crippen molar-refractivity contribution in [2.24, 2.45) is 0 Å². The number of pyridine rings is 1. The van der Waals surface area contributed by atoms with Gasteiger partial charge >= 0.3 is 0 Å². The summed E-state index contributed by atoms with van der Waals surface area (Å²) in [6, 6.07) is 3.22. The van der Waals surface area contributed by atoms with E-state index in [0.717, 1.165) is 5.69 Å². The zero-order valence-corrected chi connectivity index (χ0v) is 6.75. The molecule has 0 amide bonds. The number of aryl methyl sites for hydroxylation is 1. The Morgan fingerprint density at radius 1 is 1.45 bits per heavy atom. The van der Waals surface area contributed by atoms with E-state index in [1.807, 2.05) is 0 Å². The van der Waals surface area contributed by atoms with Crippen molar-refractivity contribution < 1.29 is 12.6 Å². The molecule has 1 aromatic rings. The summed E-state index contributed by atoms with van der Waals surface area (Å²) in [5, 5.41) is 0. The van der Waals surface area contributed by atoms with Crippen LogP contribution in [0.5, 0.6) is 5.75 Å². The predicted octanol–water partition coefficient (Wildman–Crippen LogP) is 0.295. The van der Waals surface area contributed by atoms with Crippen molar-refractivity contribution in [1.29, 1.82) is 0 Å². The molecule has 4 nitrogen and oxygen atoms in total. The van der Waals surface area contributed by atoms with Crippen molar-refractivity contribution in [3.8, 4) is 5.75 Å². The Morgan fingerprint density at radius 3 is 2.64 bits per heavy atom. The van der Waals surface area contributed by atoms with Gasteiger partial charge in [0.05, 0.1) is 6.20 Å². The van der Waals surface area contributed by atoms with Gasteiger partial charge in [-0.3, -0.25) is 4.98 Å². The van der Waals surface area contributed by atoms with Crippen LogP contribution in [0.25, 0.3) is 0 Å². The average molecular weight is 173 g/mol.